The lowest BCUT2D eigenvalue weighted by molar-refractivity contribution is -0.139. The normalized spacial score (nSPS) is 22.4. The van der Waals surface area contributed by atoms with E-state index in [1.54, 1.807) is 13.3 Å². The maximum atomic E-state index is 11.5. The molecule has 3 atom stereocenters. The van der Waals surface area contributed by atoms with Gasteiger partial charge >= 0.3 is 5.97 Å². The first-order valence-corrected chi connectivity index (χ1v) is 13.2. The lowest BCUT2D eigenvalue weighted by Gasteiger charge is -2.38. The van der Waals surface area contributed by atoms with E-state index in [9.17, 15) is 15.0 Å². The van der Waals surface area contributed by atoms with Crippen molar-refractivity contribution in [1.82, 2.24) is 9.88 Å². The largest absolute Gasteiger partial charge is 0.497 e. The second kappa shape index (κ2) is 11.5. The van der Waals surface area contributed by atoms with Gasteiger partial charge in [-0.05, 0) is 99.0 Å². The second-order valence-corrected chi connectivity index (χ2v) is 10.9. The van der Waals surface area contributed by atoms with Gasteiger partial charge in [0.2, 0.25) is 0 Å². The van der Waals surface area contributed by atoms with Crippen LogP contribution in [-0.2, 0) is 4.79 Å². The highest BCUT2D eigenvalue weighted by Gasteiger charge is 2.31. The number of ether oxygens (including phenoxy) is 1. The molecule has 0 amide bonds. The van der Waals surface area contributed by atoms with Gasteiger partial charge < -0.3 is 19.8 Å². The molecule has 2 fully saturated rings. The van der Waals surface area contributed by atoms with Crippen LogP contribution in [0.3, 0.4) is 0 Å². The number of carboxylic acid groups (broad SMARTS) is 1. The molecule has 33 heavy (non-hydrogen) atoms. The summed E-state index contributed by atoms with van der Waals surface area (Å²) in [5.74, 6) is 1.71. The van der Waals surface area contributed by atoms with Crippen molar-refractivity contribution in [2.45, 2.75) is 56.3 Å². The van der Waals surface area contributed by atoms with Gasteiger partial charge in [-0.25, -0.2) is 0 Å². The molecule has 1 aromatic heterocycles. The molecule has 1 saturated carbocycles. The first kappa shape index (κ1) is 24.3. The fraction of sp³-hybridized carbons (Fsp3) is 0.615. The van der Waals surface area contributed by atoms with Crippen LogP contribution in [0.15, 0.2) is 30.5 Å². The number of nitrogens with zero attached hydrogens (tertiary/aromatic N) is 2. The zero-order valence-electron chi connectivity index (χ0n) is 19.5. The molecule has 2 heterocycles. The third-order valence-electron chi connectivity index (χ3n) is 7.06. The Labute approximate surface area is 200 Å². The van der Waals surface area contributed by atoms with E-state index in [1.165, 1.54) is 25.0 Å². The van der Waals surface area contributed by atoms with Crippen LogP contribution in [0.2, 0.25) is 0 Å². The van der Waals surface area contributed by atoms with Gasteiger partial charge in [-0.1, -0.05) is 0 Å². The third kappa shape index (κ3) is 6.84. The van der Waals surface area contributed by atoms with Crippen molar-refractivity contribution in [2.75, 3.05) is 32.5 Å². The number of carbonyl (C=O) groups is 1. The molecule has 0 radical (unpaired) electrons. The summed E-state index contributed by atoms with van der Waals surface area (Å²) in [6, 6.07) is 7.59. The Bertz CT molecular complexity index is 936. The lowest BCUT2D eigenvalue weighted by Crippen LogP contribution is -2.42. The van der Waals surface area contributed by atoms with Crippen molar-refractivity contribution in [3.63, 3.8) is 0 Å². The molecular formula is C26H36N2O4S. The second-order valence-electron chi connectivity index (χ2n) is 9.51. The fourth-order valence-electron chi connectivity index (χ4n) is 5.06. The maximum absolute atomic E-state index is 11.5. The number of carboxylic acids is 1. The van der Waals surface area contributed by atoms with E-state index in [4.69, 9.17) is 4.74 Å². The Hall–Kier alpha value is -1.83. The number of hydrogen-bond donors (Lipinski definition) is 2. The number of piperidine rings is 1. The highest BCUT2D eigenvalue weighted by atomic mass is 32.2. The number of benzene rings is 1. The first-order chi connectivity index (χ1) is 16.0. The van der Waals surface area contributed by atoms with Gasteiger partial charge in [0, 0.05) is 29.8 Å². The summed E-state index contributed by atoms with van der Waals surface area (Å²) in [7, 11) is 1.63. The maximum Gasteiger partial charge on any atom is 0.303 e. The van der Waals surface area contributed by atoms with Gasteiger partial charge in [0.1, 0.15) is 5.75 Å². The number of pyridine rings is 1. The highest BCUT2D eigenvalue weighted by molar-refractivity contribution is 8.00. The lowest BCUT2D eigenvalue weighted by atomic mass is 9.79. The highest BCUT2D eigenvalue weighted by Crippen LogP contribution is 2.36. The minimum Gasteiger partial charge on any atom is -0.497 e. The molecule has 2 aliphatic rings. The summed E-state index contributed by atoms with van der Waals surface area (Å²) in [4.78, 5) is 18.4. The molecule has 1 aliphatic carbocycles. The monoisotopic (exact) mass is 472 g/mol. The molecule has 1 saturated heterocycles. The minimum atomic E-state index is -0.719. The third-order valence-corrected chi connectivity index (χ3v) is 8.53. The predicted octanol–water partition coefficient (Wildman–Crippen LogP) is 4.76. The molecule has 6 nitrogen and oxygen atoms in total. The van der Waals surface area contributed by atoms with E-state index in [0.717, 1.165) is 59.9 Å². The zero-order valence-corrected chi connectivity index (χ0v) is 20.3. The molecule has 180 valence electrons. The topological polar surface area (TPSA) is 82.9 Å². The number of thioether (sulfide) groups is 1. The Morgan fingerprint density at radius 1 is 1.27 bits per heavy atom. The van der Waals surface area contributed by atoms with Gasteiger partial charge in [0.25, 0.3) is 0 Å². The van der Waals surface area contributed by atoms with Gasteiger partial charge in [0.05, 0.1) is 18.7 Å². The fourth-order valence-corrected chi connectivity index (χ4v) is 6.16. The van der Waals surface area contributed by atoms with Crippen LogP contribution in [0.25, 0.3) is 10.9 Å². The van der Waals surface area contributed by atoms with E-state index in [-0.39, 0.29) is 12.3 Å². The number of likely N-dealkylation sites (tertiary alicyclic amines) is 1. The van der Waals surface area contributed by atoms with Crippen molar-refractivity contribution >= 4 is 28.6 Å². The van der Waals surface area contributed by atoms with Gasteiger partial charge in [-0.2, -0.15) is 11.8 Å². The smallest absolute Gasteiger partial charge is 0.303 e. The number of aliphatic hydroxyl groups is 1. The Morgan fingerprint density at radius 3 is 2.88 bits per heavy atom. The molecule has 1 unspecified atom stereocenters. The average molecular weight is 473 g/mol. The van der Waals surface area contributed by atoms with Crippen molar-refractivity contribution in [3.8, 4) is 5.75 Å². The summed E-state index contributed by atoms with van der Waals surface area (Å²) < 4.78 is 5.35. The van der Waals surface area contributed by atoms with Gasteiger partial charge in [0.15, 0.2) is 0 Å². The summed E-state index contributed by atoms with van der Waals surface area (Å²) in [5, 5.41) is 22.3. The van der Waals surface area contributed by atoms with E-state index in [0.29, 0.717) is 12.3 Å². The zero-order chi connectivity index (χ0) is 23.2. The van der Waals surface area contributed by atoms with Gasteiger partial charge in [-0.15, -0.1) is 0 Å². The van der Waals surface area contributed by atoms with E-state index in [1.807, 2.05) is 24.3 Å². The molecule has 1 aromatic carbocycles. The Balaban J connectivity index is 1.34. The van der Waals surface area contributed by atoms with Crippen molar-refractivity contribution in [3.05, 3.63) is 36.0 Å². The first-order valence-electron chi connectivity index (χ1n) is 12.2. The number of aliphatic hydroxyl groups excluding tert-OH is 1. The number of aromatic nitrogens is 1. The van der Waals surface area contributed by atoms with Crippen LogP contribution < -0.4 is 4.74 Å². The van der Waals surface area contributed by atoms with Crippen molar-refractivity contribution in [2.24, 2.45) is 11.8 Å². The van der Waals surface area contributed by atoms with E-state index in [2.05, 4.69) is 21.6 Å². The van der Waals surface area contributed by atoms with Gasteiger partial charge in [-0.3, -0.25) is 9.78 Å². The van der Waals surface area contributed by atoms with E-state index >= 15 is 0 Å². The summed E-state index contributed by atoms with van der Waals surface area (Å²) in [6.07, 6.45) is 7.74. The molecule has 0 bridgehead atoms. The van der Waals surface area contributed by atoms with Crippen LogP contribution in [0.1, 0.15) is 56.6 Å². The number of hydrogen-bond acceptors (Lipinski definition) is 6. The summed E-state index contributed by atoms with van der Waals surface area (Å²) >= 11 is 2.09. The molecule has 7 heteroatoms. The average Bonchev–Trinajstić information content (AvgIpc) is 3.64. The quantitative estimate of drug-likeness (QED) is 0.431. The molecule has 4 rings (SSSR count). The van der Waals surface area contributed by atoms with Crippen LogP contribution >= 0.6 is 11.8 Å². The van der Waals surface area contributed by atoms with Crippen molar-refractivity contribution in [1.29, 1.82) is 0 Å². The number of fused-ring (bicyclic) bond motifs is 1. The predicted molar refractivity (Wildman–Crippen MR) is 133 cm³/mol. The Morgan fingerprint density at radius 2 is 2.12 bits per heavy atom. The number of rotatable bonds is 12. The number of methoxy groups -OCH3 is 1. The van der Waals surface area contributed by atoms with Crippen LogP contribution in [0.4, 0.5) is 0 Å². The molecule has 1 aliphatic heterocycles. The van der Waals surface area contributed by atoms with Crippen molar-refractivity contribution < 1.29 is 19.7 Å². The Kier molecular flexibility index (Phi) is 8.50. The van der Waals surface area contributed by atoms with Crippen LogP contribution in [0, 0.1) is 11.8 Å². The number of aliphatic carboxylic acids is 1. The molecule has 2 N–H and O–H groups in total. The SMILES string of the molecule is COc1ccc2nccc(C(O)CC[C@@H]3CCN(CCCSC4CC4)C[C@@H]3CC(=O)O)c2c1. The van der Waals surface area contributed by atoms with E-state index < -0.39 is 12.1 Å². The molecule has 2 aromatic rings. The van der Waals surface area contributed by atoms with Crippen LogP contribution in [0.5, 0.6) is 5.75 Å². The standard InChI is InChI=1S/C26H36N2O4S/c1-32-20-4-7-24-23(16-20)22(9-11-27-24)25(29)8-3-18-10-13-28(17-19(18)15-26(30)31)12-2-14-33-21-5-6-21/h4,7,9,11,16,18-19,21,25,29H,2-3,5-6,8,10,12-15,17H2,1H3,(H,30,31)/t18-,19+,25?/m1/s1. The molecule has 0 spiro atoms. The molecular weight excluding hydrogens is 436 g/mol. The summed E-state index contributed by atoms with van der Waals surface area (Å²) in [6.45, 7) is 2.95. The van der Waals surface area contributed by atoms with Crippen LogP contribution in [-0.4, -0.2) is 63.8 Å². The minimum absolute atomic E-state index is 0.147. The summed E-state index contributed by atoms with van der Waals surface area (Å²) in [5.41, 5.74) is 1.70.